The highest BCUT2D eigenvalue weighted by atomic mass is 35.5. The average Bonchev–Trinajstić information content (AvgIpc) is 2.95. The van der Waals surface area contributed by atoms with Crippen LogP contribution in [0.25, 0.3) is 0 Å². The molecule has 1 aromatic carbocycles. The predicted molar refractivity (Wildman–Crippen MR) is 98.8 cm³/mol. The van der Waals surface area contributed by atoms with Crippen molar-refractivity contribution in [2.45, 2.75) is 18.9 Å². The molecule has 2 aliphatic rings. The van der Waals surface area contributed by atoms with Gasteiger partial charge in [0.15, 0.2) is 9.84 Å². The van der Waals surface area contributed by atoms with Gasteiger partial charge in [-0.25, -0.2) is 13.2 Å². The molecule has 2 saturated heterocycles. The molecule has 1 unspecified atom stereocenters. The Labute approximate surface area is 154 Å². The fourth-order valence-corrected chi connectivity index (χ4v) is 5.45. The third-order valence-corrected chi connectivity index (χ3v) is 6.89. The fraction of sp³-hybridized carbons (Fsp3) is 0.588. The summed E-state index contributed by atoms with van der Waals surface area (Å²) in [5.74, 6) is 0.556. The zero-order valence-electron chi connectivity index (χ0n) is 14.2. The highest BCUT2D eigenvalue weighted by Crippen LogP contribution is 2.19. The summed E-state index contributed by atoms with van der Waals surface area (Å²) < 4.78 is 23.2. The van der Waals surface area contributed by atoms with Gasteiger partial charge >= 0.3 is 6.03 Å². The number of hydrogen-bond acceptors (Lipinski definition) is 4. The Morgan fingerprint density at radius 2 is 2.00 bits per heavy atom. The smallest absolute Gasteiger partial charge is 0.317 e. The van der Waals surface area contributed by atoms with Gasteiger partial charge in [0, 0.05) is 43.8 Å². The van der Waals surface area contributed by atoms with E-state index in [0.717, 1.165) is 25.1 Å². The van der Waals surface area contributed by atoms with E-state index in [4.69, 9.17) is 11.6 Å². The van der Waals surface area contributed by atoms with Gasteiger partial charge in [0.2, 0.25) is 0 Å². The molecule has 138 valence electrons. The lowest BCUT2D eigenvalue weighted by atomic mass is 10.1. The van der Waals surface area contributed by atoms with E-state index >= 15 is 0 Å². The summed E-state index contributed by atoms with van der Waals surface area (Å²) in [5.41, 5.74) is 1.10. The van der Waals surface area contributed by atoms with Gasteiger partial charge in [-0.15, -0.1) is 0 Å². The molecular formula is C17H24ClN3O3S. The molecule has 0 spiro atoms. The molecule has 0 radical (unpaired) electrons. The van der Waals surface area contributed by atoms with E-state index in [1.807, 2.05) is 24.3 Å². The first-order valence-corrected chi connectivity index (χ1v) is 10.8. The Morgan fingerprint density at radius 1 is 1.24 bits per heavy atom. The van der Waals surface area contributed by atoms with Crippen LogP contribution in [0.3, 0.4) is 0 Å². The molecule has 1 N–H and O–H groups in total. The third-order valence-electron chi connectivity index (χ3n) is 4.91. The molecule has 6 nitrogen and oxygen atoms in total. The lowest BCUT2D eigenvalue weighted by Crippen LogP contribution is -2.54. The van der Waals surface area contributed by atoms with Gasteiger partial charge in [0.1, 0.15) is 0 Å². The highest BCUT2D eigenvalue weighted by molar-refractivity contribution is 7.91. The topological polar surface area (TPSA) is 69.7 Å². The number of piperazine rings is 1. The van der Waals surface area contributed by atoms with E-state index < -0.39 is 9.84 Å². The summed E-state index contributed by atoms with van der Waals surface area (Å²) in [6.07, 6.45) is 1.46. The number of amides is 2. The minimum Gasteiger partial charge on any atom is -0.338 e. The van der Waals surface area contributed by atoms with Crippen LogP contribution in [0.1, 0.15) is 12.0 Å². The van der Waals surface area contributed by atoms with Gasteiger partial charge in [-0.05, 0) is 30.5 Å². The van der Waals surface area contributed by atoms with Crippen LogP contribution in [0.2, 0.25) is 5.02 Å². The van der Waals surface area contributed by atoms with Crippen molar-refractivity contribution in [3.05, 3.63) is 34.9 Å². The maximum Gasteiger partial charge on any atom is 0.317 e. The number of halogens is 1. The number of nitrogens with one attached hydrogen (secondary N) is 1. The molecule has 2 aliphatic heterocycles. The fourth-order valence-electron chi connectivity index (χ4n) is 3.47. The molecular weight excluding hydrogens is 362 g/mol. The second-order valence-electron chi connectivity index (χ2n) is 6.69. The minimum absolute atomic E-state index is 0.0549. The summed E-state index contributed by atoms with van der Waals surface area (Å²) >= 11 is 5.96. The average molecular weight is 386 g/mol. The van der Waals surface area contributed by atoms with Crippen LogP contribution < -0.4 is 5.32 Å². The number of urea groups is 1. The monoisotopic (exact) mass is 385 g/mol. The van der Waals surface area contributed by atoms with Gasteiger partial charge in [0.05, 0.1) is 11.5 Å². The maximum atomic E-state index is 12.3. The number of carbonyl (C=O) groups is 1. The molecule has 0 bridgehead atoms. The molecule has 2 amide bonds. The Kier molecular flexibility index (Phi) is 5.86. The summed E-state index contributed by atoms with van der Waals surface area (Å²) in [5, 5.41) is 3.65. The standard InChI is InChI=1S/C17H24ClN3O3S/c18-15-3-1-2-14(12-15)4-6-19-17(22)21-9-7-20(8-10-21)16-5-11-25(23,24)13-16/h1-3,12,16H,4-11,13H2,(H,19,22). The van der Waals surface area contributed by atoms with Gasteiger partial charge in [-0.1, -0.05) is 23.7 Å². The number of sulfone groups is 1. The van der Waals surface area contributed by atoms with E-state index in [1.165, 1.54) is 0 Å². The summed E-state index contributed by atoms with van der Waals surface area (Å²) in [6.45, 7) is 3.32. The third kappa shape index (κ3) is 5.09. The lowest BCUT2D eigenvalue weighted by molar-refractivity contribution is 0.116. The minimum atomic E-state index is -2.86. The van der Waals surface area contributed by atoms with Crippen LogP contribution in [-0.2, 0) is 16.3 Å². The Morgan fingerprint density at radius 3 is 2.64 bits per heavy atom. The van der Waals surface area contributed by atoms with E-state index in [-0.39, 0.29) is 17.8 Å². The van der Waals surface area contributed by atoms with Crippen molar-refractivity contribution in [1.29, 1.82) is 0 Å². The highest BCUT2D eigenvalue weighted by Gasteiger charge is 2.34. The molecule has 1 atom stereocenters. The van der Waals surface area contributed by atoms with Crippen molar-refractivity contribution in [2.24, 2.45) is 0 Å². The van der Waals surface area contributed by atoms with Crippen molar-refractivity contribution in [3.8, 4) is 0 Å². The number of carbonyl (C=O) groups excluding carboxylic acids is 1. The van der Waals surface area contributed by atoms with Crippen molar-refractivity contribution in [1.82, 2.24) is 15.1 Å². The maximum absolute atomic E-state index is 12.3. The summed E-state index contributed by atoms with van der Waals surface area (Å²) in [6, 6.07) is 7.70. The predicted octanol–water partition coefficient (Wildman–Crippen LogP) is 1.40. The van der Waals surface area contributed by atoms with Crippen LogP contribution in [-0.4, -0.2) is 74.5 Å². The van der Waals surface area contributed by atoms with Crippen molar-refractivity contribution in [2.75, 3.05) is 44.2 Å². The van der Waals surface area contributed by atoms with E-state index in [2.05, 4.69) is 10.2 Å². The lowest BCUT2D eigenvalue weighted by Gasteiger charge is -2.37. The van der Waals surface area contributed by atoms with Crippen LogP contribution >= 0.6 is 11.6 Å². The van der Waals surface area contributed by atoms with Gasteiger partial charge < -0.3 is 10.2 Å². The number of nitrogens with zero attached hydrogens (tertiary/aromatic N) is 2. The second-order valence-corrected chi connectivity index (χ2v) is 9.36. The molecule has 8 heteroatoms. The molecule has 25 heavy (non-hydrogen) atoms. The Hall–Kier alpha value is -1.31. The molecule has 0 aliphatic carbocycles. The van der Waals surface area contributed by atoms with E-state index in [1.54, 1.807) is 4.90 Å². The number of rotatable bonds is 4. The van der Waals surface area contributed by atoms with E-state index in [9.17, 15) is 13.2 Å². The van der Waals surface area contributed by atoms with Gasteiger partial charge in [0.25, 0.3) is 0 Å². The van der Waals surface area contributed by atoms with Crippen molar-refractivity contribution < 1.29 is 13.2 Å². The normalized spacial score (nSPS) is 23.6. The van der Waals surface area contributed by atoms with Crippen LogP contribution in [0, 0.1) is 0 Å². The largest absolute Gasteiger partial charge is 0.338 e. The first-order chi connectivity index (χ1) is 11.9. The van der Waals surface area contributed by atoms with E-state index in [0.29, 0.717) is 36.8 Å². The SMILES string of the molecule is O=C(NCCc1cccc(Cl)c1)N1CCN(C2CCS(=O)(=O)C2)CC1. The number of benzene rings is 1. The molecule has 2 heterocycles. The second kappa shape index (κ2) is 7.93. The molecule has 0 aromatic heterocycles. The molecule has 2 fully saturated rings. The van der Waals surface area contributed by atoms with Crippen LogP contribution in [0.4, 0.5) is 4.79 Å². The van der Waals surface area contributed by atoms with Gasteiger partial charge in [-0.2, -0.15) is 0 Å². The molecule has 1 aromatic rings. The molecule has 0 saturated carbocycles. The van der Waals surface area contributed by atoms with Crippen molar-refractivity contribution >= 4 is 27.5 Å². The zero-order valence-corrected chi connectivity index (χ0v) is 15.7. The van der Waals surface area contributed by atoms with Crippen LogP contribution in [0.15, 0.2) is 24.3 Å². The van der Waals surface area contributed by atoms with Gasteiger partial charge in [-0.3, -0.25) is 4.90 Å². The summed E-state index contributed by atoms with van der Waals surface area (Å²) in [4.78, 5) is 16.3. The van der Waals surface area contributed by atoms with Crippen LogP contribution in [0.5, 0.6) is 0 Å². The number of hydrogen-bond donors (Lipinski definition) is 1. The molecule has 3 rings (SSSR count). The first-order valence-electron chi connectivity index (χ1n) is 8.65. The van der Waals surface area contributed by atoms with Crippen molar-refractivity contribution in [3.63, 3.8) is 0 Å². The zero-order chi connectivity index (χ0) is 17.9. The Balaban J connectivity index is 1.40. The Bertz CT molecular complexity index is 718. The quantitative estimate of drug-likeness (QED) is 0.850. The first kappa shape index (κ1) is 18.5. The summed E-state index contributed by atoms with van der Waals surface area (Å²) in [7, 11) is -2.86.